The smallest absolute Gasteiger partial charge is 0.251 e. The van der Waals surface area contributed by atoms with Gasteiger partial charge in [-0.3, -0.25) is 4.79 Å². The number of fused-ring (bicyclic) bond motifs is 1. The number of aryl methyl sites for hydroxylation is 2. The Labute approximate surface area is 216 Å². The van der Waals surface area contributed by atoms with Crippen LogP contribution in [0.5, 0.6) is 5.75 Å². The maximum Gasteiger partial charge on any atom is 0.251 e. The molecule has 0 bridgehead atoms. The molecule has 36 heavy (non-hydrogen) atoms. The summed E-state index contributed by atoms with van der Waals surface area (Å²) in [6.45, 7) is 11.8. The molecule has 4 atom stereocenters. The molecule has 0 saturated carbocycles. The lowest BCUT2D eigenvalue weighted by atomic mass is 9.82. The van der Waals surface area contributed by atoms with Gasteiger partial charge in [0.25, 0.3) is 5.91 Å². The Kier molecular flexibility index (Phi) is 8.70. The molecule has 4 N–H and O–H groups in total. The van der Waals surface area contributed by atoms with Crippen molar-refractivity contribution in [2.75, 3.05) is 26.2 Å². The summed E-state index contributed by atoms with van der Waals surface area (Å²) in [7, 11) is 0. The van der Waals surface area contributed by atoms with E-state index in [1.54, 1.807) is 0 Å². The van der Waals surface area contributed by atoms with Crippen molar-refractivity contribution in [3.63, 3.8) is 0 Å². The van der Waals surface area contributed by atoms with E-state index in [0.717, 1.165) is 73.1 Å². The minimum absolute atomic E-state index is 0.00934. The van der Waals surface area contributed by atoms with E-state index in [9.17, 15) is 9.90 Å². The summed E-state index contributed by atoms with van der Waals surface area (Å²) in [4.78, 5) is 15.3. The molecule has 1 saturated heterocycles. The normalized spacial score (nSPS) is 22.6. The number of likely N-dealkylation sites (tertiary alicyclic amines) is 1. The van der Waals surface area contributed by atoms with E-state index in [0.29, 0.717) is 24.1 Å². The fourth-order valence-electron chi connectivity index (χ4n) is 5.92. The first-order chi connectivity index (χ1) is 17.3. The fraction of sp³-hybridized carbons (Fsp3) is 0.567. The molecule has 2 heterocycles. The van der Waals surface area contributed by atoms with Crippen LogP contribution in [0, 0.1) is 25.7 Å². The van der Waals surface area contributed by atoms with Crippen molar-refractivity contribution in [3.8, 4) is 5.75 Å². The Bertz CT molecular complexity index is 1030. The van der Waals surface area contributed by atoms with Gasteiger partial charge in [-0.05, 0) is 81.3 Å². The first kappa shape index (κ1) is 26.6. The van der Waals surface area contributed by atoms with Gasteiger partial charge in [0.15, 0.2) is 0 Å². The van der Waals surface area contributed by atoms with Crippen molar-refractivity contribution in [2.45, 2.75) is 71.6 Å². The number of phenolic OH excluding ortho intramolecular Hbond substituents is 1. The minimum Gasteiger partial charge on any atom is -0.507 e. The molecule has 2 aromatic carbocycles. The molecule has 1 fully saturated rings. The Morgan fingerprint density at radius 3 is 2.50 bits per heavy atom. The summed E-state index contributed by atoms with van der Waals surface area (Å²) in [6.07, 6.45) is 3.75. The third kappa shape index (κ3) is 5.93. The van der Waals surface area contributed by atoms with Crippen LogP contribution < -0.4 is 11.1 Å². The number of nitrogens with zero attached hydrogens (tertiary/aromatic N) is 1. The van der Waals surface area contributed by atoms with Crippen molar-refractivity contribution < 1.29 is 14.6 Å². The van der Waals surface area contributed by atoms with Gasteiger partial charge in [-0.15, -0.1) is 0 Å². The SMILES string of the molecule is CCC(NC(=O)c1ccc(C)cc1)C(C)CN1CCC(C2Cc3c(ccc(C)c3O)C(CN)O2)CC1. The number of aromatic hydroxyl groups is 1. The first-order valence-corrected chi connectivity index (χ1v) is 13.6. The molecule has 4 rings (SSSR count). The van der Waals surface area contributed by atoms with E-state index in [2.05, 4.69) is 30.1 Å². The highest BCUT2D eigenvalue weighted by atomic mass is 16.5. The molecule has 6 heteroatoms. The average molecular weight is 494 g/mol. The summed E-state index contributed by atoms with van der Waals surface area (Å²) in [5.74, 6) is 1.24. The Hall–Kier alpha value is -2.41. The van der Waals surface area contributed by atoms with E-state index in [1.165, 1.54) is 0 Å². The summed E-state index contributed by atoms with van der Waals surface area (Å²) >= 11 is 0. The zero-order valence-corrected chi connectivity index (χ0v) is 22.3. The second-order valence-electron chi connectivity index (χ2n) is 10.9. The maximum atomic E-state index is 12.8. The Balaban J connectivity index is 1.31. The Morgan fingerprint density at radius 1 is 1.17 bits per heavy atom. The largest absolute Gasteiger partial charge is 0.507 e. The lowest BCUT2D eigenvalue weighted by molar-refractivity contribution is -0.0653. The van der Waals surface area contributed by atoms with Crippen molar-refractivity contribution >= 4 is 5.91 Å². The van der Waals surface area contributed by atoms with Crippen molar-refractivity contribution in [3.05, 3.63) is 64.2 Å². The van der Waals surface area contributed by atoms with Gasteiger partial charge in [0, 0.05) is 36.7 Å². The number of nitrogens with one attached hydrogen (secondary N) is 1. The first-order valence-electron chi connectivity index (χ1n) is 13.6. The molecule has 0 aromatic heterocycles. The lowest BCUT2D eigenvalue weighted by Gasteiger charge is -2.41. The van der Waals surface area contributed by atoms with Crippen molar-refractivity contribution in [1.82, 2.24) is 10.2 Å². The van der Waals surface area contributed by atoms with E-state index in [-0.39, 0.29) is 24.2 Å². The molecule has 0 spiro atoms. The number of rotatable bonds is 8. The standard InChI is InChI=1S/C30H43N3O3/c1-5-26(32-30(35)23-9-6-19(2)7-10-23)21(4)18-33-14-12-22(13-15-33)27-16-25-24(28(17-31)36-27)11-8-20(3)29(25)34/h6-11,21-22,26-28,34H,5,12-18,31H2,1-4H3,(H,32,35). The lowest BCUT2D eigenvalue weighted by Crippen LogP contribution is -2.47. The van der Waals surface area contributed by atoms with Crippen LogP contribution in [-0.2, 0) is 11.2 Å². The van der Waals surface area contributed by atoms with Crippen LogP contribution in [-0.4, -0.2) is 54.2 Å². The molecule has 4 unspecified atom stereocenters. The Morgan fingerprint density at radius 2 is 1.86 bits per heavy atom. The van der Waals surface area contributed by atoms with Crippen LogP contribution in [0.3, 0.4) is 0 Å². The molecule has 0 radical (unpaired) electrons. The molecule has 2 aliphatic heterocycles. The number of hydrogen-bond acceptors (Lipinski definition) is 5. The quantitative estimate of drug-likeness (QED) is 0.504. The highest BCUT2D eigenvalue weighted by molar-refractivity contribution is 5.94. The maximum absolute atomic E-state index is 12.8. The molecule has 0 aliphatic carbocycles. The van der Waals surface area contributed by atoms with Gasteiger partial charge >= 0.3 is 0 Å². The molecular weight excluding hydrogens is 450 g/mol. The summed E-state index contributed by atoms with van der Waals surface area (Å²) in [5, 5.41) is 14.0. The van der Waals surface area contributed by atoms with Gasteiger partial charge in [0.2, 0.25) is 0 Å². The molecule has 2 aliphatic rings. The van der Waals surface area contributed by atoms with Gasteiger partial charge in [0.05, 0.1) is 12.2 Å². The average Bonchev–Trinajstić information content (AvgIpc) is 2.89. The highest BCUT2D eigenvalue weighted by Crippen LogP contribution is 2.40. The second-order valence-corrected chi connectivity index (χ2v) is 10.9. The van der Waals surface area contributed by atoms with Crippen LogP contribution in [0.15, 0.2) is 36.4 Å². The van der Waals surface area contributed by atoms with E-state index < -0.39 is 0 Å². The highest BCUT2D eigenvalue weighted by Gasteiger charge is 2.35. The number of piperidine rings is 1. The molecule has 1 amide bonds. The number of carbonyl (C=O) groups excluding carboxylic acids is 1. The van der Waals surface area contributed by atoms with Crippen molar-refractivity contribution in [2.24, 2.45) is 17.6 Å². The second kappa shape index (κ2) is 11.8. The number of amides is 1. The van der Waals surface area contributed by atoms with Crippen LogP contribution >= 0.6 is 0 Å². The molecule has 6 nitrogen and oxygen atoms in total. The van der Waals surface area contributed by atoms with Gasteiger partial charge in [0.1, 0.15) is 5.75 Å². The van der Waals surface area contributed by atoms with Crippen LogP contribution in [0.1, 0.15) is 71.8 Å². The molecule has 196 valence electrons. The number of ether oxygens (including phenoxy) is 1. The van der Waals surface area contributed by atoms with Crippen molar-refractivity contribution in [1.29, 1.82) is 0 Å². The van der Waals surface area contributed by atoms with Gasteiger partial charge < -0.3 is 25.8 Å². The van der Waals surface area contributed by atoms with Crippen LogP contribution in [0.4, 0.5) is 0 Å². The fourth-order valence-corrected chi connectivity index (χ4v) is 5.92. The summed E-state index contributed by atoms with van der Waals surface area (Å²) < 4.78 is 6.46. The summed E-state index contributed by atoms with van der Waals surface area (Å²) in [6, 6.07) is 11.9. The number of nitrogens with two attached hydrogens (primary N) is 1. The number of hydrogen-bond donors (Lipinski definition) is 3. The van der Waals surface area contributed by atoms with E-state index in [1.807, 2.05) is 44.2 Å². The number of benzene rings is 2. The van der Waals surface area contributed by atoms with Gasteiger partial charge in [-0.1, -0.05) is 43.7 Å². The van der Waals surface area contributed by atoms with Crippen LogP contribution in [0.2, 0.25) is 0 Å². The third-order valence-corrected chi connectivity index (χ3v) is 8.29. The van der Waals surface area contributed by atoms with E-state index in [4.69, 9.17) is 10.5 Å². The third-order valence-electron chi connectivity index (χ3n) is 8.29. The zero-order chi connectivity index (χ0) is 25.8. The topological polar surface area (TPSA) is 87.8 Å². The predicted molar refractivity (Wildman–Crippen MR) is 144 cm³/mol. The number of carbonyl (C=O) groups is 1. The zero-order valence-electron chi connectivity index (χ0n) is 22.3. The van der Waals surface area contributed by atoms with E-state index >= 15 is 0 Å². The van der Waals surface area contributed by atoms with Crippen LogP contribution in [0.25, 0.3) is 0 Å². The summed E-state index contributed by atoms with van der Waals surface area (Å²) in [5.41, 5.74) is 10.9. The monoisotopic (exact) mass is 493 g/mol. The predicted octanol–water partition coefficient (Wildman–Crippen LogP) is 4.51. The van der Waals surface area contributed by atoms with Gasteiger partial charge in [-0.25, -0.2) is 0 Å². The molecule has 2 aromatic rings. The number of phenols is 1. The molecular formula is C30H43N3O3. The van der Waals surface area contributed by atoms with Gasteiger partial charge in [-0.2, -0.15) is 0 Å². The minimum atomic E-state index is -0.147.